The summed E-state index contributed by atoms with van der Waals surface area (Å²) in [6.07, 6.45) is 2.25. The summed E-state index contributed by atoms with van der Waals surface area (Å²) < 4.78 is 0. The van der Waals surface area contributed by atoms with Gasteiger partial charge in [0.25, 0.3) is 0 Å². The fourth-order valence-electron chi connectivity index (χ4n) is 0.973. The third-order valence-electron chi connectivity index (χ3n) is 2.60. The van der Waals surface area contributed by atoms with E-state index in [0.29, 0.717) is 5.92 Å². The molecule has 0 aromatic heterocycles. The molecule has 70 valence electrons. The van der Waals surface area contributed by atoms with Gasteiger partial charge >= 0.3 is 0 Å². The van der Waals surface area contributed by atoms with E-state index in [-0.39, 0.29) is 11.4 Å². The molecule has 0 aromatic carbocycles. The number of nitrogens with one attached hydrogen (secondary N) is 1. The van der Waals surface area contributed by atoms with Crippen LogP contribution in [-0.2, 0) is 4.79 Å². The van der Waals surface area contributed by atoms with E-state index in [1.807, 2.05) is 0 Å². The van der Waals surface area contributed by atoms with Crippen molar-refractivity contribution in [2.24, 2.45) is 5.92 Å². The zero-order chi connectivity index (χ0) is 9.78. The molecule has 0 rings (SSSR count). The summed E-state index contributed by atoms with van der Waals surface area (Å²) >= 11 is 0. The van der Waals surface area contributed by atoms with Crippen LogP contribution < -0.4 is 5.32 Å². The lowest BCUT2D eigenvalue weighted by Gasteiger charge is -2.33. The number of carbonyl (C=O) groups is 1. The molecule has 0 saturated carbocycles. The third kappa shape index (κ3) is 2.68. The van der Waals surface area contributed by atoms with Gasteiger partial charge in [0.1, 0.15) is 0 Å². The molecule has 0 aliphatic rings. The minimum atomic E-state index is -0.106. The fourth-order valence-corrected chi connectivity index (χ4v) is 0.973. The van der Waals surface area contributed by atoms with E-state index >= 15 is 0 Å². The second-order valence-electron chi connectivity index (χ2n) is 3.62. The Morgan fingerprint density at radius 3 is 2.42 bits per heavy atom. The zero-order valence-corrected chi connectivity index (χ0v) is 8.48. The topological polar surface area (TPSA) is 29.1 Å². The van der Waals surface area contributed by atoms with E-state index in [0.717, 1.165) is 6.42 Å². The average molecular weight is 169 g/mol. The van der Waals surface area contributed by atoms with Crippen molar-refractivity contribution in [3.8, 4) is 0 Å². The van der Waals surface area contributed by atoms with Crippen molar-refractivity contribution < 1.29 is 4.79 Å². The van der Waals surface area contributed by atoms with Gasteiger partial charge in [-0.1, -0.05) is 27.4 Å². The van der Waals surface area contributed by atoms with Gasteiger partial charge in [-0.2, -0.15) is 0 Å². The van der Waals surface area contributed by atoms with Crippen LogP contribution in [0.4, 0.5) is 0 Å². The molecule has 12 heavy (non-hydrogen) atoms. The molecule has 2 nitrogen and oxygen atoms in total. The summed E-state index contributed by atoms with van der Waals surface area (Å²) in [5, 5.41) is 2.94. The summed E-state index contributed by atoms with van der Waals surface area (Å²) in [4.78, 5) is 11.1. The number of carbonyl (C=O) groups excluding carboxylic acids is 1. The maximum absolute atomic E-state index is 11.1. The van der Waals surface area contributed by atoms with Crippen LogP contribution in [0.5, 0.6) is 0 Å². The first-order valence-electron chi connectivity index (χ1n) is 4.41. The van der Waals surface area contributed by atoms with Crippen LogP contribution >= 0.6 is 0 Å². The van der Waals surface area contributed by atoms with Crippen molar-refractivity contribution in [2.75, 3.05) is 0 Å². The van der Waals surface area contributed by atoms with Crippen molar-refractivity contribution in [3.63, 3.8) is 0 Å². The van der Waals surface area contributed by atoms with Gasteiger partial charge in [0, 0.05) is 5.54 Å². The lowest BCUT2D eigenvalue weighted by Crippen LogP contribution is -2.48. The van der Waals surface area contributed by atoms with Crippen LogP contribution in [0.2, 0.25) is 0 Å². The molecule has 0 aliphatic heterocycles. The van der Waals surface area contributed by atoms with Crippen molar-refractivity contribution in [3.05, 3.63) is 12.7 Å². The van der Waals surface area contributed by atoms with Gasteiger partial charge in [-0.25, -0.2) is 0 Å². The average Bonchev–Trinajstić information content (AvgIpc) is 2.03. The molecule has 0 bridgehead atoms. The summed E-state index contributed by atoms with van der Waals surface area (Å²) in [6, 6.07) is 0. The van der Waals surface area contributed by atoms with Gasteiger partial charge in [-0.3, -0.25) is 4.79 Å². The Morgan fingerprint density at radius 1 is 1.67 bits per heavy atom. The SMILES string of the molecule is C=CC(=O)NC(C)(CC)C(C)C. The second kappa shape index (κ2) is 4.29. The third-order valence-corrected chi connectivity index (χ3v) is 2.60. The Bertz CT molecular complexity index is 175. The standard InChI is InChI=1S/C10H19NO/c1-6-9(12)11-10(5,7-2)8(3)4/h6,8H,1,7H2,2-5H3,(H,11,12). The maximum Gasteiger partial charge on any atom is 0.243 e. The highest BCUT2D eigenvalue weighted by Crippen LogP contribution is 2.19. The first-order chi connectivity index (χ1) is 5.46. The number of rotatable bonds is 4. The largest absolute Gasteiger partial charge is 0.347 e. The Balaban J connectivity index is 4.33. The normalized spacial score (nSPS) is 15.4. The predicted molar refractivity (Wildman–Crippen MR) is 51.9 cm³/mol. The lowest BCUT2D eigenvalue weighted by atomic mass is 9.86. The Labute approximate surface area is 75.0 Å². The molecular weight excluding hydrogens is 150 g/mol. The summed E-state index contributed by atoms with van der Waals surface area (Å²) in [6.45, 7) is 11.8. The summed E-state index contributed by atoms with van der Waals surface area (Å²) in [7, 11) is 0. The summed E-state index contributed by atoms with van der Waals surface area (Å²) in [5.74, 6) is 0.347. The van der Waals surface area contributed by atoms with Gasteiger partial charge in [-0.05, 0) is 25.3 Å². The molecule has 0 saturated heterocycles. The molecular formula is C10H19NO. The molecule has 1 N–H and O–H groups in total. The van der Waals surface area contributed by atoms with Crippen LogP contribution in [0.25, 0.3) is 0 Å². The van der Waals surface area contributed by atoms with Crippen molar-refractivity contribution in [1.29, 1.82) is 0 Å². The monoisotopic (exact) mass is 169 g/mol. The molecule has 1 atom stereocenters. The molecule has 1 amide bonds. The summed E-state index contributed by atoms with van der Waals surface area (Å²) in [5.41, 5.74) is -0.106. The quantitative estimate of drug-likeness (QED) is 0.642. The van der Waals surface area contributed by atoms with E-state index < -0.39 is 0 Å². The Hall–Kier alpha value is -0.790. The fraction of sp³-hybridized carbons (Fsp3) is 0.700. The van der Waals surface area contributed by atoms with Gasteiger partial charge in [0.15, 0.2) is 0 Å². The van der Waals surface area contributed by atoms with Crippen LogP contribution in [0.1, 0.15) is 34.1 Å². The first kappa shape index (κ1) is 11.2. The highest BCUT2D eigenvalue weighted by Gasteiger charge is 2.26. The van der Waals surface area contributed by atoms with E-state index in [1.165, 1.54) is 6.08 Å². The number of amides is 1. The van der Waals surface area contributed by atoms with Crippen LogP contribution in [0.3, 0.4) is 0 Å². The molecule has 0 aliphatic carbocycles. The lowest BCUT2D eigenvalue weighted by molar-refractivity contribution is -0.118. The van der Waals surface area contributed by atoms with E-state index in [4.69, 9.17) is 0 Å². The van der Waals surface area contributed by atoms with E-state index in [9.17, 15) is 4.79 Å². The molecule has 0 radical (unpaired) electrons. The van der Waals surface area contributed by atoms with Crippen molar-refractivity contribution in [1.82, 2.24) is 5.32 Å². The minimum absolute atomic E-state index is 0.0898. The minimum Gasteiger partial charge on any atom is -0.347 e. The van der Waals surface area contributed by atoms with Gasteiger partial charge in [0.05, 0.1) is 0 Å². The highest BCUT2D eigenvalue weighted by atomic mass is 16.1. The van der Waals surface area contributed by atoms with E-state index in [1.54, 1.807) is 0 Å². The van der Waals surface area contributed by atoms with Gasteiger partial charge < -0.3 is 5.32 Å². The highest BCUT2D eigenvalue weighted by molar-refractivity contribution is 5.87. The first-order valence-corrected chi connectivity index (χ1v) is 4.41. The van der Waals surface area contributed by atoms with Crippen LogP contribution in [0, 0.1) is 5.92 Å². The van der Waals surface area contributed by atoms with Gasteiger partial charge in [0.2, 0.25) is 5.91 Å². The maximum atomic E-state index is 11.1. The molecule has 2 heteroatoms. The zero-order valence-electron chi connectivity index (χ0n) is 8.48. The smallest absolute Gasteiger partial charge is 0.243 e. The van der Waals surface area contributed by atoms with Crippen molar-refractivity contribution in [2.45, 2.75) is 39.7 Å². The molecule has 0 spiro atoms. The second-order valence-corrected chi connectivity index (χ2v) is 3.62. The molecule has 0 fully saturated rings. The Kier molecular flexibility index (Phi) is 4.01. The molecule has 0 aromatic rings. The van der Waals surface area contributed by atoms with Crippen LogP contribution in [-0.4, -0.2) is 11.4 Å². The van der Waals surface area contributed by atoms with Gasteiger partial charge in [-0.15, -0.1) is 0 Å². The predicted octanol–water partition coefficient (Wildman–Crippen LogP) is 2.11. The van der Waals surface area contributed by atoms with E-state index in [2.05, 4.69) is 39.6 Å². The van der Waals surface area contributed by atoms with Crippen molar-refractivity contribution >= 4 is 5.91 Å². The molecule has 1 unspecified atom stereocenters. The Morgan fingerprint density at radius 2 is 2.17 bits per heavy atom. The van der Waals surface area contributed by atoms with Crippen LogP contribution in [0.15, 0.2) is 12.7 Å². The number of hydrogen-bond donors (Lipinski definition) is 1. The number of hydrogen-bond acceptors (Lipinski definition) is 1. The molecule has 0 heterocycles.